The first kappa shape index (κ1) is 13.6. The maximum Gasteiger partial charge on any atom is 0.125 e. The highest BCUT2D eigenvalue weighted by atomic mass is 32.1. The van der Waals surface area contributed by atoms with E-state index in [0.717, 1.165) is 17.1 Å². The lowest BCUT2D eigenvalue weighted by atomic mass is 10.1. The minimum Gasteiger partial charge on any atom is -0.372 e. The predicted octanol–water partition coefficient (Wildman–Crippen LogP) is 2.68. The summed E-state index contributed by atoms with van der Waals surface area (Å²) in [4.78, 5) is 5.87. The van der Waals surface area contributed by atoms with Crippen LogP contribution < -0.4 is 5.73 Å². The van der Waals surface area contributed by atoms with Crippen molar-refractivity contribution < 1.29 is 4.74 Å². The molecule has 0 aromatic carbocycles. The molecule has 0 aliphatic carbocycles. The van der Waals surface area contributed by atoms with Crippen molar-refractivity contribution in [3.63, 3.8) is 0 Å². The van der Waals surface area contributed by atoms with Crippen molar-refractivity contribution in [2.45, 2.75) is 46.3 Å². The highest BCUT2D eigenvalue weighted by Crippen LogP contribution is 2.31. The number of nitrogens with zero attached hydrogens (tertiary/aromatic N) is 1. The Hall–Kier alpha value is -0.450. The van der Waals surface area contributed by atoms with Gasteiger partial charge in [-0.15, -0.1) is 11.3 Å². The fourth-order valence-corrected chi connectivity index (χ4v) is 2.48. The quantitative estimate of drug-likeness (QED) is 0.863. The summed E-state index contributed by atoms with van der Waals surface area (Å²) in [6.45, 7) is 9.03. The zero-order valence-corrected chi connectivity index (χ0v) is 11.6. The fourth-order valence-electron chi connectivity index (χ4n) is 1.43. The third-order valence-corrected chi connectivity index (χ3v) is 4.02. The molecule has 0 aliphatic heterocycles. The molecule has 0 unspecified atom stereocenters. The molecule has 1 aromatic rings. The lowest BCUT2D eigenvalue weighted by molar-refractivity contribution is 0.0189. The molecule has 92 valence electrons. The molecule has 0 aliphatic rings. The number of rotatable bonds is 5. The van der Waals surface area contributed by atoms with Crippen molar-refractivity contribution >= 4 is 11.3 Å². The number of hydrogen-bond acceptors (Lipinski definition) is 4. The Balaban J connectivity index is 3.02. The van der Waals surface area contributed by atoms with E-state index >= 15 is 0 Å². The molecular weight excluding hydrogens is 220 g/mol. The van der Waals surface area contributed by atoms with E-state index in [1.807, 2.05) is 13.8 Å². The summed E-state index contributed by atoms with van der Waals surface area (Å²) in [6.07, 6.45) is 0.989. The van der Waals surface area contributed by atoms with E-state index in [1.165, 1.54) is 4.88 Å². The third-order valence-electron chi connectivity index (χ3n) is 2.59. The molecule has 0 fully saturated rings. The highest BCUT2D eigenvalue weighted by molar-refractivity contribution is 7.11. The summed E-state index contributed by atoms with van der Waals surface area (Å²) in [6, 6.07) is 0. The maximum atomic E-state index is 5.75. The fraction of sp³-hybridized carbons (Fsp3) is 0.750. The first-order valence-electron chi connectivity index (χ1n) is 5.65. The average Bonchev–Trinajstić information content (AvgIpc) is 2.60. The van der Waals surface area contributed by atoms with Gasteiger partial charge in [0.25, 0.3) is 0 Å². The molecule has 0 saturated carbocycles. The monoisotopic (exact) mass is 242 g/mol. The number of thiazole rings is 1. The van der Waals surface area contributed by atoms with Crippen molar-refractivity contribution in [2.75, 3.05) is 7.11 Å². The van der Waals surface area contributed by atoms with Crippen LogP contribution in [0.3, 0.4) is 0 Å². The van der Waals surface area contributed by atoms with E-state index < -0.39 is 0 Å². The summed E-state index contributed by atoms with van der Waals surface area (Å²) in [5.74, 6) is 0.603. The standard InChI is InChI=1S/C12H22N2OS/c1-8(2)6-9-10(7-13)16-11(14-9)12(3,4)15-5/h8H,6-7,13H2,1-5H3. The average molecular weight is 242 g/mol. The van der Waals surface area contributed by atoms with Gasteiger partial charge in [0.1, 0.15) is 10.6 Å². The maximum absolute atomic E-state index is 5.75. The zero-order chi connectivity index (χ0) is 12.3. The van der Waals surface area contributed by atoms with Crippen LogP contribution in [0.25, 0.3) is 0 Å². The Bertz CT molecular complexity index is 345. The molecule has 1 heterocycles. The second-order valence-electron chi connectivity index (χ2n) is 4.91. The summed E-state index contributed by atoms with van der Waals surface area (Å²) in [5, 5.41) is 1.02. The van der Waals surface area contributed by atoms with Gasteiger partial charge in [0.05, 0.1) is 5.69 Å². The highest BCUT2D eigenvalue weighted by Gasteiger charge is 2.25. The third kappa shape index (κ3) is 3.03. The van der Waals surface area contributed by atoms with Crippen LogP contribution >= 0.6 is 11.3 Å². The van der Waals surface area contributed by atoms with E-state index in [-0.39, 0.29) is 5.60 Å². The minimum atomic E-state index is -0.316. The Morgan fingerprint density at radius 3 is 2.50 bits per heavy atom. The van der Waals surface area contributed by atoms with Crippen molar-refractivity contribution in [3.8, 4) is 0 Å². The van der Waals surface area contributed by atoms with Gasteiger partial charge in [-0.05, 0) is 26.2 Å². The van der Waals surface area contributed by atoms with Crippen LogP contribution in [0.5, 0.6) is 0 Å². The first-order valence-corrected chi connectivity index (χ1v) is 6.46. The van der Waals surface area contributed by atoms with Crippen molar-refractivity contribution in [1.82, 2.24) is 4.98 Å². The van der Waals surface area contributed by atoms with Crippen LogP contribution in [-0.4, -0.2) is 12.1 Å². The second-order valence-corrected chi connectivity index (χ2v) is 5.99. The van der Waals surface area contributed by atoms with Gasteiger partial charge < -0.3 is 10.5 Å². The number of hydrogen-bond donors (Lipinski definition) is 1. The molecule has 3 nitrogen and oxygen atoms in total. The predicted molar refractivity (Wildman–Crippen MR) is 68.6 cm³/mol. The number of aromatic nitrogens is 1. The van der Waals surface area contributed by atoms with E-state index in [2.05, 4.69) is 18.8 Å². The molecule has 4 heteroatoms. The Morgan fingerprint density at radius 1 is 1.44 bits per heavy atom. The van der Waals surface area contributed by atoms with Crippen molar-refractivity contribution in [2.24, 2.45) is 11.7 Å². The van der Waals surface area contributed by atoms with Crippen LogP contribution in [-0.2, 0) is 23.3 Å². The second kappa shape index (κ2) is 5.25. The van der Waals surface area contributed by atoms with E-state index in [1.54, 1.807) is 18.4 Å². The van der Waals surface area contributed by atoms with Crippen LogP contribution in [0, 0.1) is 5.92 Å². The number of ether oxygens (including phenoxy) is 1. The molecule has 1 rings (SSSR count). The molecule has 2 N–H and O–H groups in total. The lowest BCUT2D eigenvalue weighted by Gasteiger charge is -2.19. The zero-order valence-electron chi connectivity index (χ0n) is 10.8. The number of nitrogens with two attached hydrogens (primary N) is 1. The van der Waals surface area contributed by atoms with Gasteiger partial charge in [-0.3, -0.25) is 0 Å². The topological polar surface area (TPSA) is 48.1 Å². The van der Waals surface area contributed by atoms with Crippen LogP contribution in [0.2, 0.25) is 0 Å². The smallest absolute Gasteiger partial charge is 0.125 e. The largest absolute Gasteiger partial charge is 0.372 e. The van der Waals surface area contributed by atoms with Crippen LogP contribution in [0.4, 0.5) is 0 Å². The molecule has 0 radical (unpaired) electrons. The SMILES string of the molecule is COC(C)(C)c1nc(CC(C)C)c(CN)s1. The Kier molecular flexibility index (Phi) is 4.47. The van der Waals surface area contributed by atoms with Gasteiger partial charge in [-0.25, -0.2) is 4.98 Å². The molecule has 16 heavy (non-hydrogen) atoms. The van der Waals surface area contributed by atoms with Crippen LogP contribution in [0.1, 0.15) is 43.3 Å². The molecule has 0 atom stereocenters. The number of methoxy groups -OCH3 is 1. The van der Waals surface area contributed by atoms with Gasteiger partial charge in [0.15, 0.2) is 0 Å². The molecule has 1 aromatic heterocycles. The van der Waals surface area contributed by atoms with Gasteiger partial charge in [-0.2, -0.15) is 0 Å². The minimum absolute atomic E-state index is 0.316. The van der Waals surface area contributed by atoms with Crippen molar-refractivity contribution in [1.29, 1.82) is 0 Å². The molecule has 0 amide bonds. The van der Waals surface area contributed by atoms with E-state index in [0.29, 0.717) is 12.5 Å². The van der Waals surface area contributed by atoms with Crippen molar-refractivity contribution in [3.05, 3.63) is 15.6 Å². The normalized spacial score (nSPS) is 12.4. The Morgan fingerprint density at radius 2 is 2.06 bits per heavy atom. The van der Waals surface area contributed by atoms with E-state index in [4.69, 9.17) is 10.5 Å². The van der Waals surface area contributed by atoms with Gasteiger partial charge in [-0.1, -0.05) is 13.8 Å². The van der Waals surface area contributed by atoms with Crippen LogP contribution in [0.15, 0.2) is 0 Å². The van der Waals surface area contributed by atoms with Gasteiger partial charge >= 0.3 is 0 Å². The van der Waals surface area contributed by atoms with Gasteiger partial charge in [0.2, 0.25) is 0 Å². The first-order chi connectivity index (χ1) is 7.40. The summed E-state index contributed by atoms with van der Waals surface area (Å²) >= 11 is 1.67. The van der Waals surface area contributed by atoms with Gasteiger partial charge in [0, 0.05) is 18.5 Å². The molecule has 0 bridgehead atoms. The molecule has 0 saturated heterocycles. The lowest BCUT2D eigenvalue weighted by Crippen LogP contribution is -2.19. The summed E-state index contributed by atoms with van der Waals surface area (Å²) < 4.78 is 5.45. The molecule has 0 spiro atoms. The summed E-state index contributed by atoms with van der Waals surface area (Å²) in [5.41, 5.74) is 6.58. The van der Waals surface area contributed by atoms with E-state index in [9.17, 15) is 0 Å². The summed E-state index contributed by atoms with van der Waals surface area (Å²) in [7, 11) is 1.71. The Labute approximate surface area is 102 Å². The molecular formula is C12H22N2OS.